The molecule has 0 aliphatic rings. The summed E-state index contributed by atoms with van der Waals surface area (Å²) in [6, 6.07) is 9.69. The first-order valence-electron chi connectivity index (χ1n) is 6.14. The number of thiophene rings is 1. The Morgan fingerprint density at radius 1 is 1.40 bits per heavy atom. The zero-order valence-electron chi connectivity index (χ0n) is 10.9. The molecule has 0 aliphatic heterocycles. The van der Waals surface area contributed by atoms with Crippen LogP contribution in [0.5, 0.6) is 0 Å². The first-order valence-corrected chi connectivity index (χ1v) is 7.02. The molecule has 0 fully saturated rings. The fraction of sp³-hybridized carbons (Fsp3) is 0.214. The fourth-order valence-corrected chi connectivity index (χ4v) is 2.68. The van der Waals surface area contributed by atoms with Crippen LogP contribution >= 0.6 is 11.3 Å². The van der Waals surface area contributed by atoms with E-state index in [1.54, 1.807) is 17.4 Å². The molecule has 0 saturated heterocycles. The number of nitrogens with one attached hydrogen (secondary N) is 1. The second-order valence-corrected chi connectivity index (χ2v) is 5.50. The highest BCUT2D eigenvalue weighted by Crippen LogP contribution is 2.14. The van der Waals surface area contributed by atoms with Crippen molar-refractivity contribution in [3.8, 4) is 0 Å². The number of hydrogen-bond acceptors (Lipinski definition) is 4. The van der Waals surface area contributed by atoms with Gasteiger partial charge < -0.3 is 5.32 Å². The van der Waals surface area contributed by atoms with Gasteiger partial charge in [-0.15, -0.1) is 11.3 Å². The largest absolute Gasteiger partial charge is 0.349 e. The van der Waals surface area contributed by atoms with Crippen molar-refractivity contribution < 1.29 is 9.72 Å². The van der Waals surface area contributed by atoms with Crippen molar-refractivity contribution in [2.24, 2.45) is 0 Å². The van der Waals surface area contributed by atoms with Gasteiger partial charge in [0.25, 0.3) is 11.6 Å². The average molecular weight is 290 g/mol. The van der Waals surface area contributed by atoms with E-state index in [0.29, 0.717) is 5.56 Å². The van der Waals surface area contributed by atoms with Crippen molar-refractivity contribution >= 4 is 22.9 Å². The highest BCUT2D eigenvalue weighted by Gasteiger charge is 2.14. The Bertz CT molecular complexity index is 611. The lowest BCUT2D eigenvalue weighted by molar-refractivity contribution is -0.384. The summed E-state index contributed by atoms with van der Waals surface area (Å²) in [5.41, 5.74) is 0.223. The highest BCUT2D eigenvalue weighted by molar-refractivity contribution is 7.09. The summed E-state index contributed by atoms with van der Waals surface area (Å²) in [5, 5.41) is 15.5. The van der Waals surface area contributed by atoms with Crippen LogP contribution in [0, 0.1) is 10.1 Å². The lowest BCUT2D eigenvalue weighted by Gasteiger charge is -2.12. The highest BCUT2D eigenvalue weighted by atomic mass is 32.1. The molecule has 1 atom stereocenters. The predicted molar refractivity (Wildman–Crippen MR) is 78.0 cm³/mol. The van der Waals surface area contributed by atoms with E-state index in [9.17, 15) is 14.9 Å². The number of rotatable bonds is 5. The molecule has 0 radical (unpaired) electrons. The number of benzene rings is 1. The summed E-state index contributed by atoms with van der Waals surface area (Å²) in [7, 11) is 0. The molecule has 1 aromatic carbocycles. The zero-order valence-corrected chi connectivity index (χ0v) is 11.7. The number of carbonyl (C=O) groups excluding carboxylic acids is 1. The minimum Gasteiger partial charge on any atom is -0.349 e. The Morgan fingerprint density at radius 2 is 2.20 bits per heavy atom. The van der Waals surface area contributed by atoms with Gasteiger partial charge >= 0.3 is 0 Å². The molecule has 5 nitrogen and oxygen atoms in total. The van der Waals surface area contributed by atoms with Gasteiger partial charge in [-0.25, -0.2) is 0 Å². The summed E-state index contributed by atoms with van der Waals surface area (Å²) in [6.45, 7) is 1.91. The van der Waals surface area contributed by atoms with Gasteiger partial charge in [-0.3, -0.25) is 14.9 Å². The normalized spacial score (nSPS) is 11.8. The van der Waals surface area contributed by atoms with Crippen molar-refractivity contribution in [3.63, 3.8) is 0 Å². The van der Waals surface area contributed by atoms with Crippen LogP contribution in [0.3, 0.4) is 0 Å². The second kappa shape index (κ2) is 6.29. The standard InChI is InChI=1S/C14H14N2O3S/c1-10(8-13-6-3-7-20-13)15-14(17)11-4-2-5-12(9-11)16(18)19/h2-7,9-10H,8H2,1H3,(H,15,17)/t10-/m0/s1. The number of nitro groups is 1. The summed E-state index contributed by atoms with van der Waals surface area (Å²) < 4.78 is 0. The molecule has 0 spiro atoms. The Labute approximate surface area is 120 Å². The molecule has 104 valence electrons. The average Bonchev–Trinajstić information content (AvgIpc) is 2.91. The predicted octanol–water partition coefficient (Wildman–Crippen LogP) is 3.02. The summed E-state index contributed by atoms with van der Waals surface area (Å²) in [6.07, 6.45) is 0.748. The number of carbonyl (C=O) groups is 1. The van der Waals surface area contributed by atoms with Crippen molar-refractivity contribution in [3.05, 3.63) is 62.3 Å². The van der Waals surface area contributed by atoms with E-state index in [0.717, 1.165) is 6.42 Å². The van der Waals surface area contributed by atoms with Crippen LogP contribution < -0.4 is 5.32 Å². The van der Waals surface area contributed by atoms with E-state index in [1.165, 1.54) is 23.1 Å². The van der Waals surface area contributed by atoms with Crippen LogP contribution in [0.1, 0.15) is 22.2 Å². The third-order valence-electron chi connectivity index (χ3n) is 2.78. The maximum Gasteiger partial charge on any atom is 0.270 e. The van der Waals surface area contributed by atoms with Crippen molar-refractivity contribution in [1.82, 2.24) is 5.32 Å². The van der Waals surface area contributed by atoms with E-state index in [4.69, 9.17) is 0 Å². The molecule has 0 unspecified atom stereocenters. The molecule has 1 N–H and O–H groups in total. The Balaban J connectivity index is 2.00. The van der Waals surface area contributed by atoms with Gasteiger partial charge in [0.15, 0.2) is 0 Å². The lowest BCUT2D eigenvalue weighted by atomic mass is 10.1. The molecule has 20 heavy (non-hydrogen) atoms. The molecule has 0 saturated carbocycles. The molecule has 0 bridgehead atoms. The minimum absolute atomic E-state index is 0.0274. The Kier molecular flexibility index (Phi) is 4.47. The quantitative estimate of drug-likeness (QED) is 0.679. The topological polar surface area (TPSA) is 72.2 Å². The molecule has 1 amide bonds. The molecule has 0 aliphatic carbocycles. The maximum absolute atomic E-state index is 12.0. The summed E-state index contributed by atoms with van der Waals surface area (Å²) in [4.78, 5) is 23.4. The third-order valence-corrected chi connectivity index (χ3v) is 3.68. The van der Waals surface area contributed by atoms with E-state index in [1.807, 2.05) is 24.4 Å². The molecule has 1 aromatic heterocycles. The number of amides is 1. The number of nitro benzene ring substituents is 1. The number of non-ortho nitro benzene ring substituents is 1. The monoisotopic (exact) mass is 290 g/mol. The van der Waals surface area contributed by atoms with Crippen LogP contribution in [0.25, 0.3) is 0 Å². The molecular formula is C14H14N2O3S. The van der Waals surface area contributed by atoms with Gasteiger partial charge in [0.05, 0.1) is 4.92 Å². The van der Waals surface area contributed by atoms with Crippen LogP contribution in [0.2, 0.25) is 0 Å². The van der Waals surface area contributed by atoms with E-state index in [-0.39, 0.29) is 17.6 Å². The third kappa shape index (κ3) is 3.64. The second-order valence-electron chi connectivity index (χ2n) is 4.47. The van der Waals surface area contributed by atoms with Crippen molar-refractivity contribution in [1.29, 1.82) is 0 Å². The van der Waals surface area contributed by atoms with Gasteiger partial charge in [0, 0.05) is 35.0 Å². The first-order chi connectivity index (χ1) is 9.56. The van der Waals surface area contributed by atoms with E-state index >= 15 is 0 Å². The molecule has 2 aromatic rings. The number of nitrogens with zero attached hydrogens (tertiary/aromatic N) is 1. The zero-order chi connectivity index (χ0) is 14.5. The Morgan fingerprint density at radius 3 is 2.85 bits per heavy atom. The number of hydrogen-bond donors (Lipinski definition) is 1. The van der Waals surface area contributed by atoms with Crippen LogP contribution in [-0.4, -0.2) is 16.9 Å². The van der Waals surface area contributed by atoms with Gasteiger partial charge in [-0.05, 0) is 24.4 Å². The minimum atomic E-state index is -0.508. The van der Waals surface area contributed by atoms with E-state index < -0.39 is 4.92 Å². The Hall–Kier alpha value is -2.21. The first kappa shape index (κ1) is 14.2. The van der Waals surface area contributed by atoms with E-state index in [2.05, 4.69) is 5.32 Å². The van der Waals surface area contributed by atoms with Gasteiger partial charge in [0.1, 0.15) is 0 Å². The van der Waals surface area contributed by atoms with Crippen molar-refractivity contribution in [2.75, 3.05) is 0 Å². The maximum atomic E-state index is 12.0. The molecule has 1 heterocycles. The lowest BCUT2D eigenvalue weighted by Crippen LogP contribution is -2.33. The van der Waals surface area contributed by atoms with Gasteiger partial charge in [0.2, 0.25) is 0 Å². The molecular weight excluding hydrogens is 276 g/mol. The summed E-state index contributed by atoms with van der Waals surface area (Å²) >= 11 is 1.64. The van der Waals surface area contributed by atoms with Crippen LogP contribution in [-0.2, 0) is 6.42 Å². The van der Waals surface area contributed by atoms with Gasteiger partial charge in [-0.2, -0.15) is 0 Å². The summed E-state index contributed by atoms with van der Waals surface area (Å²) in [5.74, 6) is -0.294. The van der Waals surface area contributed by atoms with Crippen molar-refractivity contribution in [2.45, 2.75) is 19.4 Å². The smallest absolute Gasteiger partial charge is 0.270 e. The molecule has 6 heteroatoms. The van der Waals surface area contributed by atoms with Crippen LogP contribution in [0.15, 0.2) is 41.8 Å². The van der Waals surface area contributed by atoms with Gasteiger partial charge in [-0.1, -0.05) is 12.1 Å². The molecule has 2 rings (SSSR count). The SMILES string of the molecule is C[C@@H](Cc1cccs1)NC(=O)c1cccc([N+](=O)[O-])c1. The fourth-order valence-electron chi connectivity index (χ4n) is 1.85. The van der Waals surface area contributed by atoms with Crippen LogP contribution in [0.4, 0.5) is 5.69 Å².